The Kier molecular flexibility index (Phi) is 6.42. The Bertz CT molecular complexity index is 585. The van der Waals surface area contributed by atoms with Gasteiger partial charge in [0, 0.05) is 5.56 Å². The number of ketones is 1. The van der Waals surface area contributed by atoms with E-state index >= 15 is 0 Å². The van der Waals surface area contributed by atoms with Crippen LogP contribution in [0.5, 0.6) is 0 Å². The SMILES string of the molecule is CCOC(=O)C(C(=O)OCC)C(=O)c1cc(F)c(F)cc1Cl. The van der Waals surface area contributed by atoms with E-state index in [0.717, 1.165) is 0 Å². The van der Waals surface area contributed by atoms with E-state index < -0.39 is 45.9 Å². The minimum atomic E-state index is -1.94. The van der Waals surface area contributed by atoms with Crippen LogP contribution in [0, 0.1) is 17.6 Å². The first kappa shape index (κ1) is 18.0. The summed E-state index contributed by atoms with van der Waals surface area (Å²) in [5, 5.41) is -0.428. The summed E-state index contributed by atoms with van der Waals surface area (Å²) < 4.78 is 35.6. The van der Waals surface area contributed by atoms with Gasteiger partial charge in [-0.1, -0.05) is 11.6 Å². The van der Waals surface area contributed by atoms with Crippen LogP contribution in [-0.2, 0) is 19.1 Å². The van der Waals surface area contributed by atoms with E-state index in [2.05, 4.69) is 9.47 Å². The van der Waals surface area contributed by atoms with Crippen molar-refractivity contribution >= 4 is 29.3 Å². The van der Waals surface area contributed by atoms with Crippen molar-refractivity contribution in [3.05, 3.63) is 34.4 Å². The molecule has 0 saturated heterocycles. The van der Waals surface area contributed by atoms with Gasteiger partial charge in [0.05, 0.1) is 18.2 Å². The Hall–Kier alpha value is -2.02. The van der Waals surface area contributed by atoms with Crippen LogP contribution < -0.4 is 0 Å². The van der Waals surface area contributed by atoms with Gasteiger partial charge in [0.25, 0.3) is 0 Å². The lowest BCUT2D eigenvalue weighted by atomic mass is 9.97. The summed E-state index contributed by atoms with van der Waals surface area (Å²) in [5.41, 5.74) is -0.508. The summed E-state index contributed by atoms with van der Waals surface area (Å²) >= 11 is 5.67. The molecule has 0 aliphatic carbocycles. The summed E-state index contributed by atoms with van der Waals surface area (Å²) in [6.45, 7) is 2.81. The molecular weight excluding hydrogens is 322 g/mol. The zero-order chi connectivity index (χ0) is 16.9. The molecule has 0 heterocycles. The number of Topliss-reactive ketones (excluding diaryl/α,β-unsaturated/α-hetero) is 1. The van der Waals surface area contributed by atoms with Crippen LogP contribution in [0.2, 0.25) is 5.02 Å². The molecule has 22 heavy (non-hydrogen) atoms. The molecule has 8 heteroatoms. The molecule has 1 rings (SSSR count). The van der Waals surface area contributed by atoms with Gasteiger partial charge < -0.3 is 9.47 Å². The van der Waals surface area contributed by atoms with Crippen LogP contribution in [0.4, 0.5) is 8.78 Å². The molecule has 1 aromatic rings. The number of hydrogen-bond acceptors (Lipinski definition) is 5. The third kappa shape index (κ3) is 4.00. The molecule has 120 valence electrons. The van der Waals surface area contributed by atoms with E-state index in [-0.39, 0.29) is 13.2 Å². The highest BCUT2D eigenvalue weighted by molar-refractivity contribution is 6.35. The number of halogens is 3. The molecule has 0 radical (unpaired) electrons. The van der Waals surface area contributed by atoms with Gasteiger partial charge in [-0.3, -0.25) is 14.4 Å². The standard InChI is InChI=1S/C14H13ClF2O5/c1-3-21-13(19)11(14(20)22-4-2)12(18)7-5-9(16)10(17)6-8(7)15/h5-6,11H,3-4H2,1-2H3. The smallest absolute Gasteiger partial charge is 0.328 e. The molecule has 0 N–H and O–H groups in total. The lowest BCUT2D eigenvalue weighted by Crippen LogP contribution is -2.35. The molecule has 0 unspecified atom stereocenters. The fourth-order valence-corrected chi connectivity index (χ4v) is 1.87. The van der Waals surface area contributed by atoms with Crippen molar-refractivity contribution in [3.8, 4) is 0 Å². The highest BCUT2D eigenvalue weighted by atomic mass is 35.5. The highest BCUT2D eigenvalue weighted by Crippen LogP contribution is 2.24. The third-order valence-corrected chi connectivity index (χ3v) is 2.89. The number of carbonyl (C=O) groups is 3. The molecule has 0 fully saturated rings. The molecule has 0 spiro atoms. The summed E-state index contributed by atoms with van der Waals surface area (Å²) in [7, 11) is 0. The Morgan fingerprint density at radius 1 is 1.05 bits per heavy atom. The second-order valence-electron chi connectivity index (χ2n) is 4.05. The van der Waals surface area contributed by atoms with Crippen molar-refractivity contribution in [3.63, 3.8) is 0 Å². The predicted octanol–water partition coefficient (Wildman–Crippen LogP) is 2.54. The molecule has 0 atom stereocenters. The van der Waals surface area contributed by atoms with Gasteiger partial charge in [-0.05, 0) is 26.0 Å². The second kappa shape index (κ2) is 7.84. The number of rotatable bonds is 6. The predicted molar refractivity (Wildman–Crippen MR) is 72.5 cm³/mol. The van der Waals surface area contributed by atoms with Crippen molar-refractivity contribution in [1.29, 1.82) is 0 Å². The zero-order valence-corrected chi connectivity index (χ0v) is 12.6. The first-order chi connectivity index (χ1) is 10.3. The van der Waals surface area contributed by atoms with Gasteiger partial charge in [-0.2, -0.15) is 0 Å². The highest BCUT2D eigenvalue weighted by Gasteiger charge is 2.38. The molecular formula is C14H13ClF2O5. The van der Waals surface area contributed by atoms with E-state index in [1.807, 2.05) is 0 Å². The maximum absolute atomic E-state index is 13.3. The summed E-state index contributed by atoms with van der Waals surface area (Å²) in [5.74, 6) is -7.95. The fraction of sp³-hybridized carbons (Fsp3) is 0.357. The van der Waals surface area contributed by atoms with Gasteiger partial charge in [-0.15, -0.1) is 0 Å². The molecule has 0 amide bonds. The summed E-state index contributed by atoms with van der Waals surface area (Å²) in [6.07, 6.45) is 0. The van der Waals surface area contributed by atoms with E-state index in [9.17, 15) is 23.2 Å². The van der Waals surface area contributed by atoms with E-state index in [4.69, 9.17) is 11.6 Å². The van der Waals surface area contributed by atoms with Crippen molar-refractivity contribution in [2.24, 2.45) is 5.92 Å². The Labute approximate surface area is 130 Å². The van der Waals surface area contributed by atoms with Gasteiger partial charge in [-0.25, -0.2) is 8.78 Å². The number of benzene rings is 1. The maximum atomic E-state index is 13.3. The average Bonchev–Trinajstić information content (AvgIpc) is 2.43. The molecule has 0 aliphatic rings. The Morgan fingerprint density at radius 3 is 1.95 bits per heavy atom. The first-order valence-electron chi connectivity index (χ1n) is 6.35. The molecule has 0 aliphatic heterocycles. The van der Waals surface area contributed by atoms with Crippen LogP contribution in [0.15, 0.2) is 12.1 Å². The minimum Gasteiger partial charge on any atom is -0.465 e. The normalized spacial score (nSPS) is 10.5. The molecule has 0 aromatic heterocycles. The van der Waals surface area contributed by atoms with Gasteiger partial charge in [0.1, 0.15) is 0 Å². The van der Waals surface area contributed by atoms with Crippen molar-refractivity contribution in [2.45, 2.75) is 13.8 Å². The van der Waals surface area contributed by atoms with Crippen molar-refractivity contribution in [2.75, 3.05) is 13.2 Å². The molecule has 5 nitrogen and oxygen atoms in total. The topological polar surface area (TPSA) is 69.7 Å². The summed E-state index contributed by atoms with van der Waals surface area (Å²) in [6, 6.07) is 1.10. The van der Waals surface area contributed by atoms with E-state index in [1.54, 1.807) is 0 Å². The van der Waals surface area contributed by atoms with Crippen LogP contribution >= 0.6 is 11.6 Å². The third-order valence-electron chi connectivity index (χ3n) is 2.58. The quantitative estimate of drug-likeness (QED) is 0.346. The lowest BCUT2D eigenvalue weighted by Gasteiger charge is -2.14. The number of carbonyl (C=O) groups excluding carboxylic acids is 3. The summed E-state index contributed by atoms with van der Waals surface area (Å²) in [4.78, 5) is 35.9. The number of esters is 2. The van der Waals surface area contributed by atoms with Gasteiger partial charge in [0.15, 0.2) is 17.4 Å². The van der Waals surface area contributed by atoms with Gasteiger partial charge >= 0.3 is 11.9 Å². The fourth-order valence-electron chi connectivity index (χ4n) is 1.63. The zero-order valence-electron chi connectivity index (χ0n) is 11.8. The number of hydrogen-bond donors (Lipinski definition) is 0. The monoisotopic (exact) mass is 334 g/mol. The maximum Gasteiger partial charge on any atom is 0.328 e. The number of ether oxygens (including phenoxy) is 2. The van der Waals surface area contributed by atoms with E-state index in [0.29, 0.717) is 12.1 Å². The second-order valence-corrected chi connectivity index (χ2v) is 4.45. The van der Waals surface area contributed by atoms with Crippen molar-refractivity contribution in [1.82, 2.24) is 0 Å². The van der Waals surface area contributed by atoms with Gasteiger partial charge in [0.2, 0.25) is 5.92 Å². The van der Waals surface area contributed by atoms with E-state index in [1.165, 1.54) is 13.8 Å². The van der Waals surface area contributed by atoms with Crippen LogP contribution in [0.25, 0.3) is 0 Å². The average molecular weight is 335 g/mol. The first-order valence-corrected chi connectivity index (χ1v) is 6.73. The molecule has 1 aromatic carbocycles. The van der Waals surface area contributed by atoms with Crippen LogP contribution in [-0.4, -0.2) is 30.9 Å². The lowest BCUT2D eigenvalue weighted by molar-refractivity contribution is -0.158. The Morgan fingerprint density at radius 2 is 1.50 bits per heavy atom. The largest absolute Gasteiger partial charge is 0.465 e. The minimum absolute atomic E-state index is 0.0759. The van der Waals surface area contributed by atoms with Crippen LogP contribution in [0.3, 0.4) is 0 Å². The van der Waals surface area contributed by atoms with Crippen LogP contribution in [0.1, 0.15) is 24.2 Å². The van der Waals surface area contributed by atoms with Crippen molar-refractivity contribution < 1.29 is 32.6 Å². The molecule has 0 saturated carbocycles. The molecule has 0 bridgehead atoms. The Balaban J connectivity index is 3.24.